The van der Waals surface area contributed by atoms with Gasteiger partial charge in [-0.2, -0.15) is 0 Å². The van der Waals surface area contributed by atoms with E-state index in [1.165, 1.54) is 5.56 Å². The minimum Gasteiger partial charge on any atom is -0.444 e. The molecular formula is C26H35N3O3. The summed E-state index contributed by atoms with van der Waals surface area (Å²) in [6.07, 6.45) is 1.85. The molecule has 0 aliphatic carbocycles. The fourth-order valence-electron chi connectivity index (χ4n) is 4.03. The van der Waals surface area contributed by atoms with Crippen molar-refractivity contribution in [2.24, 2.45) is 0 Å². The molecular weight excluding hydrogens is 402 g/mol. The van der Waals surface area contributed by atoms with Gasteiger partial charge < -0.3 is 9.64 Å². The number of piperidine rings is 1. The van der Waals surface area contributed by atoms with Crippen molar-refractivity contribution in [1.29, 1.82) is 0 Å². The van der Waals surface area contributed by atoms with Crippen LogP contribution in [0.5, 0.6) is 0 Å². The van der Waals surface area contributed by atoms with Gasteiger partial charge in [-0.3, -0.25) is 15.0 Å². The summed E-state index contributed by atoms with van der Waals surface area (Å²) >= 11 is 0. The smallest absolute Gasteiger partial charge is 0.412 e. The monoisotopic (exact) mass is 437 g/mol. The summed E-state index contributed by atoms with van der Waals surface area (Å²) < 4.78 is 5.30. The second-order valence-corrected chi connectivity index (χ2v) is 9.28. The van der Waals surface area contributed by atoms with Crippen LogP contribution in [0.15, 0.2) is 54.6 Å². The SMILES string of the molecule is CCC(=O)N(c1ccc(NC(=O)OC(C)(C)C)cc1)C1CCN(Cc2ccccc2)CC1. The zero-order chi connectivity index (χ0) is 23.1. The Morgan fingerprint density at radius 1 is 1.03 bits per heavy atom. The van der Waals surface area contributed by atoms with Crippen molar-refractivity contribution < 1.29 is 14.3 Å². The molecule has 0 bridgehead atoms. The summed E-state index contributed by atoms with van der Waals surface area (Å²) in [5.74, 6) is 0.124. The van der Waals surface area contributed by atoms with Crippen LogP contribution < -0.4 is 10.2 Å². The van der Waals surface area contributed by atoms with Gasteiger partial charge in [-0.1, -0.05) is 37.3 Å². The molecule has 0 saturated carbocycles. The van der Waals surface area contributed by atoms with E-state index in [1.54, 1.807) is 0 Å². The van der Waals surface area contributed by atoms with Crippen molar-refractivity contribution in [3.05, 3.63) is 60.2 Å². The van der Waals surface area contributed by atoms with Crippen molar-refractivity contribution >= 4 is 23.4 Å². The summed E-state index contributed by atoms with van der Waals surface area (Å²) in [7, 11) is 0. The van der Waals surface area contributed by atoms with E-state index in [0.717, 1.165) is 38.2 Å². The number of rotatable bonds is 6. The molecule has 1 aliphatic heterocycles. The van der Waals surface area contributed by atoms with Gasteiger partial charge in [-0.25, -0.2) is 4.79 Å². The maximum Gasteiger partial charge on any atom is 0.412 e. The average molecular weight is 438 g/mol. The number of hydrogen-bond donors (Lipinski definition) is 1. The molecule has 0 radical (unpaired) electrons. The number of benzene rings is 2. The van der Waals surface area contributed by atoms with Gasteiger partial charge in [0.15, 0.2) is 0 Å². The van der Waals surface area contributed by atoms with E-state index in [1.807, 2.05) is 62.9 Å². The molecule has 1 heterocycles. The number of nitrogens with zero attached hydrogens (tertiary/aromatic N) is 2. The molecule has 1 fully saturated rings. The summed E-state index contributed by atoms with van der Waals surface area (Å²) in [4.78, 5) is 29.2. The number of anilines is 2. The first-order chi connectivity index (χ1) is 15.2. The van der Waals surface area contributed by atoms with Crippen LogP contribution in [0, 0.1) is 0 Å². The highest BCUT2D eigenvalue weighted by atomic mass is 16.6. The van der Waals surface area contributed by atoms with Crippen LogP contribution in [-0.2, 0) is 16.1 Å². The van der Waals surface area contributed by atoms with E-state index < -0.39 is 11.7 Å². The molecule has 0 atom stereocenters. The predicted octanol–water partition coefficient (Wildman–Crippen LogP) is 5.44. The van der Waals surface area contributed by atoms with E-state index in [0.29, 0.717) is 12.1 Å². The third kappa shape index (κ3) is 6.82. The number of carbonyl (C=O) groups is 2. The Balaban J connectivity index is 1.63. The Bertz CT molecular complexity index is 883. The lowest BCUT2D eigenvalue weighted by molar-refractivity contribution is -0.119. The fourth-order valence-corrected chi connectivity index (χ4v) is 4.03. The largest absolute Gasteiger partial charge is 0.444 e. The quantitative estimate of drug-likeness (QED) is 0.654. The minimum atomic E-state index is -0.552. The first-order valence-electron chi connectivity index (χ1n) is 11.4. The molecule has 6 nitrogen and oxygen atoms in total. The minimum absolute atomic E-state index is 0.124. The molecule has 0 aromatic heterocycles. The lowest BCUT2D eigenvalue weighted by atomic mass is 10.0. The maximum absolute atomic E-state index is 12.8. The summed E-state index contributed by atoms with van der Waals surface area (Å²) in [5.41, 5.74) is 2.28. The van der Waals surface area contributed by atoms with Crippen molar-refractivity contribution in [2.45, 2.75) is 65.1 Å². The second kappa shape index (κ2) is 10.6. The zero-order valence-corrected chi connectivity index (χ0v) is 19.6. The number of amides is 2. The van der Waals surface area contributed by atoms with Gasteiger partial charge in [0.05, 0.1) is 0 Å². The molecule has 6 heteroatoms. The Morgan fingerprint density at radius 2 is 1.66 bits per heavy atom. The molecule has 2 aromatic carbocycles. The topological polar surface area (TPSA) is 61.9 Å². The van der Waals surface area contributed by atoms with Crippen molar-refractivity contribution in [3.63, 3.8) is 0 Å². The highest BCUT2D eigenvalue weighted by Gasteiger charge is 2.28. The highest BCUT2D eigenvalue weighted by molar-refractivity contribution is 5.94. The molecule has 2 amide bonds. The lowest BCUT2D eigenvalue weighted by Gasteiger charge is -2.38. The number of nitrogens with one attached hydrogen (secondary N) is 1. The Labute approximate surface area is 191 Å². The van der Waals surface area contributed by atoms with Crippen LogP contribution in [0.25, 0.3) is 0 Å². The molecule has 32 heavy (non-hydrogen) atoms. The van der Waals surface area contributed by atoms with Crippen molar-refractivity contribution in [3.8, 4) is 0 Å². The molecule has 1 N–H and O–H groups in total. The van der Waals surface area contributed by atoms with Crippen LogP contribution >= 0.6 is 0 Å². The van der Waals surface area contributed by atoms with Gasteiger partial charge >= 0.3 is 6.09 Å². The second-order valence-electron chi connectivity index (χ2n) is 9.28. The van der Waals surface area contributed by atoms with Gasteiger partial charge in [-0.05, 0) is 63.4 Å². The molecule has 2 aromatic rings. The van der Waals surface area contributed by atoms with Crippen LogP contribution in [0.4, 0.5) is 16.2 Å². The van der Waals surface area contributed by atoms with Crippen LogP contribution in [-0.4, -0.2) is 41.6 Å². The van der Waals surface area contributed by atoms with Crippen LogP contribution in [0.2, 0.25) is 0 Å². The predicted molar refractivity (Wildman–Crippen MR) is 129 cm³/mol. The van der Waals surface area contributed by atoms with Crippen LogP contribution in [0.1, 0.15) is 52.5 Å². The number of likely N-dealkylation sites (tertiary alicyclic amines) is 1. The normalized spacial score (nSPS) is 15.2. The van der Waals surface area contributed by atoms with Gasteiger partial charge in [-0.15, -0.1) is 0 Å². The standard InChI is InChI=1S/C26H35N3O3/c1-5-24(30)29(22-13-11-21(12-14-22)27-25(31)32-26(2,3)4)23-15-17-28(18-16-23)19-20-9-7-6-8-10-20/h6-14,23H,5,15-19H2,1-4H3,(H,27,31). The van der Waals surface area contributed by atoms with Crippen LogP contribution in [0.3, 0.4) is 0 Å². The Kier molecular flexibility index (Phi) is 7.91. The molecule has 3 rings (SSSR count). The van der Waals surface area contributed by atoms with E-state index in [2.05, 4.69) is 34.5 Å². The first-order valence-corrected chi connectivity index (χ1v) is 11.4. The number of hydrogen-bond acceptors (Lipinski definition) is 4. The molecule has 172 valence electrons. The third-order valence-electron chi connectivity index (χ3n) is 5.53. The van der Waals surface area contributed by atoms with E-state index in [4.69, 9.17) is 4.74 Å². The van der Waals surface area contributed by atoms with E-state index in [9.17, 15) is 9.59 Å². The maximum atomic E-state index is 12.8. The lowest BCUT2D eigenvalue weighted by Crippen LogP contribution is -2.47. The van der Waals surface area contributed by atoms with E-state index in [-0.39, 0.29) is 11.9 Å². The third-order valence-corrected chi connectivity index (χ3v) is 5.53. The van der Waals surface area contributed by atoms with Gasteiger partial charge in [0.2, 0.25) is 5.91 Å². The van der Waals surface area contributed by atoms with Crippen molar-refractivity contribution in [2.75, 3.05) is 23.3 Å². The summed E-state index contributed by atoms with van der Waals surface area (Å²) in [6, 6.07) is 18.1. The first kappa shape index (κ1) is 23.8. The van der Waals surface area contributed by atoms with Crippen molar-refractivity contribution in [1.82, 2.24) is 4.90 Å². The summed E-state index contributed by atoms with van der Waals surface area (Å²) in [5, 5.41) is 2.75. The molecule has 0 spiro atoms. The van der Waals surface area contributed by atoms with Gasteiger partial charge in [0.25, 0.3) is 0 Å². The van der Waals surface area contributed by atoms with Gasteiger partial charge in [0.1, 0.15) is 5.60 Å². The van der Waals surface area contributed by atoms with E-state index >= 15 is 0 Å². The molecule has 0 unspecified atom stereocenters. The summed E-state index contributed by atoms with van der Waals surface area (Å²) in [6.45, 7) is 10.3. The number of ether oxygens (including phenoxy) is 1. The molecule has 1 saturated heterocycles. The average Bonchev–Trinajstić information content (AvgIpc) is 2.75. The Morgan fingerprint density at radius 3 is 2.22 bits per heavy atom. The zero-order valence-electron chi connectivity index (χ0n) is 19.6. The number of carbonyl (C=O) groups excluding carboxylic acids is 2. The molecule has 1 aliphatic rings. The Hall–Kier alpha value is -2.86. The fraction of sp³-hybridized carbons (Fsp3) is 0.462. The highest BCUT2D eigenvalue weighted by Crippen LogP contribution is 2.27. The van der Waals surface area contributed by atoms with Gasteiger partial charge in [0, 0.05) is 43.5 Å².